The van der Waals surface area contributed by atoms with Crippen molar-refractivity contribution < 1.29 is 26.4 Å². The number of sulfonamides is 1. The smallest absolute Gasteiger partial charge is 0.269 e. The number of halogens is 3. The van der Waals surface area contributed by atoms with Crippen LogP contribution >= 0.6 is 0 Å². The molecular weight excluding hydrogens is 321 g/mol. The molecule has 0 aliphatic rings. The number of carbonyl (C=O) groups is 1. The van der Waals surface area contributed by atoms with Gasteiger partial charge in [0.15, 0.2) is 4.90 Å². The fourth-order valence-corrected chi connectivity index (χ4v) is 2.60. The van der Waals surface area contributed by atoms with Gasteiger partial charge in [-0.3, -0.25) is 10.2 Å². The van der Waals surface area contributed by atoms with Crippen molar-refractivity contribution in [3.05, 3.63) is 65.5 Å². The second kappa shape index (κ2) is 6.16. The molecule has 0 fully saturated rings. The van der Waals surface area contributed by atoms with Crippen molar-refractivity contribution in [2.75, 3.05) is 0 Å². The molecule has 22 heavy (non-hydrogen) atoms. The molecular formula is C13H9F3N2O3S. The lowest BCUT2D eigenvalue weighted by atomic mass is 10.2. The van der Waals surface area contributed by atoms with Gasteiger partial charge in [0, 0.05) is 0 Å². The van der Waals surface area contributed by atoms with Crippen molar-refractivity contribution in [3.63, 3.8) is 0 Å². The summed E-state index contributed by atoms with van der Waals surface area (Å²) in [5.74, 6) is -4.64. The van der Waals surface area contributed by atoms with Gasteiger partial charge >= 0.3 is 0 Å². The summed E-state index contributed by atoms with van der Waals surface area (Å²) in [4.78, 5) is 11.9. The molecule has 0 aliphatic carbocycles. The van der Waals surface area contributed by atoms with E-state index in [0.717, 1.165) is 30.3 Å². The summed E-state index contributed by atoms with van der Waals surface area (Å²) in [5.41, 5.74) is 1.25. The summed E-state index contributed by atoms with van der Waals surface area (Å²) in [6, 6.07) is 7.30. The third-order valence-electron chi connectivity index (χ3n) is 2.61. The standard InChI is InChI=1S/C13H9F3N2O3S/c14-9-5-2-1-4-8(9)13(19)17-18-22(20,21)12-10(15)6-3-7-11(12)16/h1-7,18H,(H,17,19). The van der Waals surface area contributed by atoms with E-state index in [4.69, 9.17) is 0 Å². The lowest BCUT2D eigenvalue weighted by Gasteiger charge is -2.10. The van der Waals surface area contributed by atoms with E-state index in [1.54, 1.807) is 5.43 Å². The summed E-state index contributed by atoms with van der Waals surface area (Å²) in [6.45, 7) is 0. The molecule has 2 aromatic carbocycles. The van der Waals surface area contributed by atoms with E-state index in [1.807, 2.05) is 0 Å². The maximum atomic E-state index is 13.4. The quantitative estimate of drug-likeness (QED) is 0.839. The third kappa shape index (κ3) is 3.26. The molecule has 0 radical (unpaired) electrons. The van der Waals surface area contributed by atoms with E-state index in [0.29, 0.717) is 0 Å². The third-order valence-corrected chi connectivity index (χ3v) is 3.90. The maximum Gasteiger partial charge on any atom is 0.269 e. The number of nitrogens with one attached hydrogen (secondary N) is 2. The van der Waals surface area contributed by atoms with Gasteiger partial charge in [0.2, 0.25) is 0 Å². The molecule has 9 heteroatoms. The molecule has 2 aromatic rings. The van der Waals surface area contributed by atoms with Crippen molar-refractivity contribution in [1.29, 1.82) is 0 Å². The van der Waals surface area contributed by atoms with Gasteiger partial charge in [0.25, 0.3) is 15.9 Å². The van der Waals surface area contributed by atoms with E-state index in [-0.39, 0.29) is 0 Å². The molecule has 0 saturated carbocycles. The summed E-state index contributed by atoms with van der Waals surface area (Å²) < 4.78 is 63.8. The SMILES string of the molecule is O=C(NNS(=O)(=O)c1c(F)cccc1F)c1ccccc1F. The Morgan fingerprint density at radius 1 is 0.864 bits per heavy atom. The largest absolute Gasteiger partial charge is 0.273 e. The van der Waals surface area contributed by atoms with Gasteiger partial charge in [-0.15, -0.1) is 4.83 Å². The minimum Gasteiger partial charge on any atom is -0.273 e. The van der Waals surface area contributed by atoms with Crippen LogP contribution in [0.3, 0.4) is 0 Å². The molecule has 0 aromatic heterocycles. The van der Waals surface area contributed by atoms with E-state index in [2.05, 4.69) is 0 Å². The minimum absolute atomic E-state index is 0.431. The molecule has 0 aliphatic heterocycles. The van der Waals surface area contributed by atoms with E-state index in [9.17, 15) is 26.4 Å². The zero-order valence-corrected chi connectivity index (χ0v) is 11.6. The number of hydrogen-bond donors (Lipinski definition) is 2. The van der Waals surface area contributed by atoms with Gasteiger partial charge in [-0.25, -0.2) is 21.6 Å². The highest BCUT2D eigenvalue weighted by molar-refractivity contribution is 7.89. The zero-order valence-electron chi connectivity index (χ0n) is 10.8. The predicted octanol–water partition coefficient (Wildman–Crippen LogP) is 1.73. The summed E-state index contributed by atoms with van der Waals surface area (Å²) in [5, 5.41) is 0. The van der Waals surface area contributed by atoms with Gasteiger partial charge in [0.1, 0.15) is 17.5 Å². The van der Waals surface area contributed by atoms with Crippen molar-refractivity contribution >= 4 is 15.9 Å². The fourth-order valence-electron chi connectivity index (χ4n) is 1.62. The lowest BCUT2D eigenvalue weighted by Crippen LogP contribution is -2.42. The van der Waals surface area contributed by atoms with Crippen LogP contribution in [0.4, 0.5) is 13.2 Å². The molecule has 0 saturated heterocycles. The number of hydrogen-bond acceptors (Lipinski definition) is 3. The summed E-state index contributed by atoms with van der Waals surface area (Å²) in [6.07, 6.45) is 0. The molecule has 116 valence electrons. The summed E-state index contributed by atoms with van der Waals surface area (Å²) in [7, 11) is -4.69. The van der Waals surface area contributed by atoms with Crippen LogP contribution in [0.1, 0.15) is 10.4 Å². The van der Waals surface area contributed by atoms with Gasteiger partial charge in [0.05, 0.1) is 5.56 Å². The average Bonchev–Trinajstić information content (AvgIpc) is 2.45. The van der Waals surface area contributed by atoms with E-state index >= 15 is 0 Å². The van der Waals surface area contributed by atoms with Crippen LogP contribution in [0.5, 0.6) is 0 Å². The highest BCUT2D eigenvalue weighted by Crippen LogP contribution is 2.17. The number of hydrazine groups is 1. The molecule has 2 rings (SSSR count). The zero-order chi connectivity index (χ0) is 16.3. The second-order valence-corrected chi connectivity index (χ2v) is 5.71. The first-order chi connectivity index (χ1) is 10.3. The lowest BCUT2D eigenvalue weighted by molar-refractivity contribution is 0.0941. The Kier molecular flexibility index (Phi) is 4.48. The fraction of sp³-hybridized carbons (Fsp3) is 0. The molecule has 0 atom stereocenters. The van der Waals surface area contributed by atoms with Crippen LogP contribution in [0.25, 0.3) is 0 Å². The molecule has 0 unspecified atom stereocenters. The van der Waals surface area contributed by atoms with E-state index < -0.39 is 43.8 Å². The molecule has 0 bridgehead atoms. The monoisotopic (exact) mass is 330 g/mol. The molecule has 0 heterocycles. The van der Waals surface area contributed by atoms with Crippen LogP contribution in [0.2, 0.25) is 0 Å². The van der Waals surface area contributed by atoms with Crippen LogP contribution in [0, 0.1) is 17.5 Å². The van der Waals surface area contributed by atoms with Crippen molar-refractivity contribution in [1.82, 2.24) is 10.3 Å². The van der Waals surface area contributed by atoms with Crippen molar-refractivity contribution in [3.8, 4) is 0 Å². The minimum atomic E-state index is -4.69. The average molecular weight is 330 g/mol. The highest BCUT2D eigenvalue weighted by Gasteiger charge is 2.24. The first kappa shape index (κ1) is 16.0. The number of rotatable bonds is 4. The Morgan fingerprint density at radius 3 is 2.00 bits per heavy atom. The Balaban J connectivity index is 2.21. The number of carbonyl (C=O) groups excluding carboxylic acids is 1. The Bertz CT molecular complexity index is 805. The van der Waals surface area contributed by atoms with Gasteiger partial charge in [-0.2, -0.15) is 0 Å². The Labute approximate surface area is 123 Å². The van der Waals surface area contributed by atoms with E-state index in [1.165, 1.54) is 17.0 Å². The normalized spacial score (nSPS) is 11.2. The maximum absolute atomic E-state index is 13.4. The van der Waals surface area contributed by atoms with Gasteiger partial charge in [-0.1, -0.05) is 18.2 Å². The Morgan fingerprint density at radius 2 is 1.41 bits per heavy atom. The molecule has 1 amide bonds. The molecule has 5 nitrogen and oxygen atoms in total. The van der Waals surface area contributed by atoms with Crippen molar-refractivity contribution in [2.24, 2.45) is 0 Å². The second-order valence-electron chi connectivity index (χ2n) is 4.09. The first-order valence-electron chi connectivity index (χ1n) is 5.83. The first-order valence-corrected chi connectivity index (χ1v) is 7.32. The predicted molar refractivity (Wildman–Crippen MR) is 70.5 cm³/mol. The number of benzene rings is 2. The van der Waals surface area contributed by atoms with Gasteiger partial charge in [-0.05, 0) is 24.3 Å². The van der Waals surface area contributed by atoms with Gasteiger partial charge < -0.3 is 0 Å². The Hall–Kier alpha value is -2.39. The number of amides is 1. The topological polar surface area (TPSA) is 75.3 Å². The highest BCUT2D eigenvalue weighted by atomic mass is 32.2. The molecule has 0 spiro atoms. The van der Waals surface area contributed by atoms with Crippen LogP contribution in [0.15, 0.2) is 47.4 Å². The van der Waals surface area contributed by atoms with Crippen molar-refractivity contribution in [2.45, 2.75) is 4.90 Å². The van der Waals surface area contributed by atoms with Crippen LogP contribution in [-0.4, -0.2) is 14.3 Å². The molecule has 2 N–H and O–H groups in total. The van der Waals surface area contributed by atoms with Crippen LogP contribution < -0.4 is 10.3 Å². The van der Waals surface area contributed by atoms with Crippen LogP contribution in [-0.2, 0) is 10.0 Å². The summed E-state index contributed by atoms with van der Waals surface area (Å²) >= 11 is 0.